The van der Waals surface area contributed by atoms with Gasteiger partial charge < -0.3 is 10.1 Å². The molecule has 0 fully saturated rings. The number of aryl methyl sites for hydroxylation is 1. The van der Waals surface area contributed by atoms with Crippen LogP contribution in [-0.2, 0) is 16.1 Å². The van der Waals surface area contributed by atoms with E-state index < -0.39 is 17.2 Å². The van der Waals surface area contributed by atoms with Crippen LogP contribution in [0.5, 0.6) is 0 Å². The van der Waals surface area contributed by atoms with Crippen LogP contribution in [0.3, 0.4) is 0 Å². The summed E-state index contributed by atoms with van der Waals surface area (Å²) in [7, 11) is 1.29. The van der Waals surface area contributed by atoms with Crippen LogP contribution < -0.4 is 16.6 Å². The summed E-state index contributed by atoms with van der Waals surface area (Å²) in [5.74, 6) is -0.764. The Balaban J connectivity index is 1.71. The van der Waals surface area contributed by atoms with Crippen molar-refractivity contribution < 1.29 is 14.3 Å². The van der Waals surface area contributed by atoms with Crippen LogP contribution in [0.1, 0.15) is 16.8 Å². The number of aromatic amines is 1. The van der Waals surface area contributed by atoms with Crippen molar-refractivity contribution in [2.24, 2.45) is 0 Å². The van der Waals surface area contributed by atoms with E-state index >= 15 is 0 Å². The Hall–Kier alpha value is -3.68. The number of aromatic nitrogens is 2. The highest BCUT2D eigenvalue weighted by Crippen LogP contribution is 2.11. The Labute approximate surface area is 153 Å². The van der Waals surface area contributed by atoms with Crippen LogP contribution in [0.25, 0.3) is 10.9 Å². The van der Waals surface area contributed by atoms with Gasteiger partial charge in [-0.25, -0.2) is 9.59 Å². The van der Waals surface area contributed by atoms with Crippen LogP contribution >= 0.6 is 0 Å². The molecule has 8 nitrogen and oxygen atoms in total. The number of nitrogens with one attached hydrogen (secondary N) is 2. The predicted molar refractivity (Wildman–Crippen MR) is 99.9 cm³/mol. The molecule has 27 heavy (non-hydrogen) atoms. The highest BCUT2D eigenvalue weighted by atomic mass is 16.5. The highest BCUT2D eigenvalue weighted by molar-refractivity contribution is 5.93. The van der Waals surface area contributed by atoms with Gasteiger partial charge in [0.25, 0.3) is 5.56 Å². The van der Waals surface area contributed by atoms with E-state index in [4.69, 9.17) is 0 Å². The first-order valence-corrected chi connectivity index (χ1v) is 8.19. The van der Waals surface area contributed by atoms with Crippen molar-refractivity contribution in [3.63, 3.8) is 0 Å². The molecule has 3 rings (SSSR count). The maximum Gasteiger partial charge on any atom is 0.337 e. The normalized spacial score (nSPS) is 10.6. The number of rotatable bonds is 5. The molecule has 138 valence electrons. The zero-order chi connectivity index (χ0) is 19.4. The van der Waals surface area contributed by atoms with Gasteiger partial charge in [0.2, 0.25) is 5.91 Å². The van der Waals surface area contributed by atoms with Crippen molar-refractivity contribution in [1.29, 1.82) is 0 Å². The lowest BCUT2D eigenvalue weighted by atomic mass is 10.2. The van der Waals surface area contributed by atoms with E-state index in [1.165, 1.54) is 11.7 Å². The number of nitrogens with zero attached hydrogens (tertiary/aromatic N) is 1. The van der Waals surface area contributed by atoms with Gasteiger partial charge in [0.1, 0.15) is 0 Å². The number of anilines is 1. The second kappa shape index (κ2) is 7.69. The largest absolute Gasteiger partial charge is 0.465 e. The minimum absolute atomic E-state index is 0.0364. The summed E-state index contributed by atoms with van der Waals surface area (Å²) in [6.45, 7) is 0.113. The number of carbonyl (C=O) groups excluding carboxylic acids is 2. The fraction of sp³-hybridized carbons (Fsp3) is 0.158. The molecule has 0 aliphatic rings. The van der Waals surface area contributed by atoms with Gasteiger partial charge in [-0.2, -0.15) is 0 Å². The molecule has 0 aliphatic heterocycles. The molecule has 0 atom stereocenters. The van der Waals surface area contributed by atoms with Crippen LogP contribution in [0.15, 0.2) is 58.1 Å². The zero-order valence-electron chi connectivity index (χ0n) is 14.5. The first-order chi connectivity index (χ1) is 13.0. The highest BCUT2D eigenvalue weighted by Gasteiger charge is 2.10. The number of ether oxygens (including phenoxy) is 1. The zero-order valence-corrected chi connectivity index (χ0v) is 14.5. The van der Waals surface area contributed by atoms with E-state index in [9.17, 15) is 19.2 Å². The van der Waals surface area contributed by atoms with Gasteiger partial charge in [0.15, 0.2) is 0 Å². The van der Waals surface area contributed by atoms with Crippen molar-refractivity contribution in [1.82, 2.24) is 9.55 Å². The summed E-state index contributed by atoms with van der Waals surface area (Å²) in [5, 5.41) is 3.08. The lowest BCUT2D eigenvalue weighted by molar-refractivity contribution is -0.116. The minimum atomic E-state index is -0.561. The third-order valence-electron chi connectivity index (χ3n) is 4.06. The fourth-order valence-corrected chi connectivity index (χ4v) is 2.71. The average Bonchev–Trinajstić information content (AvgIpc) is 2.68. The van der Waals surface area contributed by atoms with Crippen molar-refractivity contribution in [3.05, 3.63) is 74.9 Å². The van der Waals surface area contributed by atoms with Crippen molar-refractivity contribution in [3.8, 4) is 0 Å². The molecule has 0 spiro atoms. The van der Waals surface area contributed by atoms with Gasteiger partial charge in [0, 0.05) is 18.7 Å². The molecule has 0 aliphatic carbocycles. The molecule has 1 amide bonds. The van der Waals surface area contributed by atoms with E-state index in [-0.39, 0.29) is 18.9 Å². The maximum absolute atomic E-state index is 12.2. The number of hydrogen-bond acceptors (Lipinski definition) is 5. The Morgan fingerprint density at radius 3 is 2.48 bits per heavy atom. The van der Waals surface area contributed by atoms with Gasteiger partial charge in [-0.05, 0) is 36.4 Å². The third-order valence-corrected chi connectivity index (χ3v) is 4.06. The van der Waals surface area contributed by atoms with Crippen LogP contribution in [0.4, 0.5) is 5.69 Å². The molecular weight excluding hydrogens is 350 g/mol. The van der Waals surface area contributed by atoms with E-state index in [0.717, 1.165) is 0 Å². The number of hydrogen-bond donors (Lipinski definition) is 2. The first kappa shape index (κ1) is 18.1. The lowest BCUT2D eigenvalue weighted by Gasteiger charge is -2.10. The predicted octanol–water partition coefficient (Wildman–Crippen LogP) is 1.51. The number of methoxy groups -OCH3 is 1. The average molecular weight is 367 g/mol. The van der Waals surface area contributed by atoms with Gasteiger partial charge in [-0.3, -0.25) is 19.1 Å². The Bertz CT molecular complexity index is 1110. The van der Waals surface area contributed by atoms with Gasteiger partial charge >= 0.3 is 11.7 Å². The topological polar surface area (TPSA) is 110 Å². The smallest absolute Gasteiger partial charge is 0.337 e. The number of benzene rings is 2. The molecule has 2 N–H and O–H groups in total. The van der Waals surface area contributed by atoms with E-state index in [1.54, 1.807) is 48.5 Å². The van der Waals surface area contributed by atoms with E-state index in [2.05, 4.69) is 15.0 Å². The fourth-order valence-electron chi connectivity index (χ4n) is 2.71. The monoisotopic (exact) mass is 367 g/mol. The number of amides is 1. The molecule has 0 saturated carbocycles. The number of para-hydroxylation sites is 1. The van der Waals surface area contributed by atoms with Crippen LogP contribution in [0.2, 0.25) is 0 Å². The summed E-state index contributed by atoms with van der Waals surface area (Å²) < 4.78 is 5.97. The molecule has 2 aromatic carbocycles. The Kier molecular flexibility index (Phi) is 5.16. The molecule has 1 heterocycles. The number of esters is 1. The Morgan fingerprint density at radius 1 is 1.07 bits per heavy atom. The van der Waals surface area contributed by atoms with E-state index in [1.807, 2.05) is 0 Å². The lowest BCUT2D eigenvalue weighted by Crippen LogP contribution is -2.31. The van der Waals surface area contributed by atoms with Gasteiger partial charge in [0.05, 0.1) is 23.6 Å². The first-order valence-electron chi connectivity index (χ1n) is 8.19. The summed E-state index contributed by atoms with van der Waals surface area (Å²) in [5.41, 5.74) is 0.352. The van der Waals surface area contributed by atoms with Gasteiger partial charge in [-0.1, -0.05) is 12.1 Å². The van der Waals surface area contributed by atoms with E-state index in [0.29, 0.717) is 22.2 Å². The molecule has 8 heteroatoms. The summed E-state index contributed by atoms with van der Waals surface area (Å²) in [4.78, 5) is 49.8. The van der Waals surface area contributed by atoms with Crippen LogP contribution in [0, 0.1) is 0 Å². The van der Waals surface area contributed by atoms with Crippen molar-refractivity contribution >= 4 is 28.5 Å². The minimum Gasteiger partial charge on any atom is -0.465 e. The number of fused-ring (bicyclic) bond motifs is 1. The Morgan fingerprint density at radius 2 is 1.78 bits per heavy atom. The second-order valence-electron chi connectivity index (χ2n) is 5.80. The third kappa shape index (κ3) is 3.95. The maximum atomic E-state index is 12.2. The van der Waals surface area contributed by atoms with Gasteiger partial charge in [-0.15, -0.1) is 0 Å². The summed E-state index contributed by atoms with van der Waals surface area (Å²) in [6.07, 6.45) is 0.0364. The molecule has 0 bridgehead atoms. The molecule has 0 radical (unpaired) electrons. The number of carbonyl (C=O) groups is 2. The standard InChI is InChI=1S/C19H17N3O5/c1-27-18(25)12-6-8-13(9-7-12)20-16(23)10-11-22-15-5-3-2-4-14(15)17(24)21-19(22)26/h2-9H,10-11H2,1H3,(H,20,23)(H,21,24,26). The molecular formula is C19H17N3O5. The summed E-state index contributed by atoms with van der Waals surface area (Å²) in [6, 6.07) is 13.0. The molecule has 1 aromatic heterocycles. The summed E-state index contributed by atoms with van der Waals surface area (Å²) >= 11 is 0. The van der Waals surface area contributed by atoms with Crippen molar-refractivity contribution in [2.45, 2.75) is 13.0 Å². The molecule has 0 saturated heterocycles. The second-order valence-corrected chi connectivity index (χ2v) is 5.80. The van der Waals surface area contributed by atoms with Crippen LogP contribution in [-0.4, -0.2) is 28.5 Å². The van der Waals surface area contributed by atoms with Crippen molar-refractivity contribution in [2.75, 3.05) is 12.4 Å². The SMILES string of the molecule is COC(=O)c1ccc(NC(=O)CCn2c(=O)[nH]c(=O)c3ccccc32)cc1. The quantitative estimate of drug-likeness (QED) is 0.664. The molecule has 0 unspecified atom stereocenters. The number of H-pyrrole nitrogens is 1. The molecule has 3 aromatic rings.